The van der Waals surface area contributed by atoms with Gasteiger partial charge in [0.25, 0.3) is 0 Å². The normalized spacial score (nSPS) is 11.8. The number of likely N-dealkylation sites (N-methyl/N-ethyl adjacent to an activating group) is 1. The fourth-order valence-electron chi connectivity index (χ4n) is 4.40. The predicted molar refractivity (Wildman–Crippen MR) is 217 cm³/mol. The van der Waals surface area contributed by atoms with Crippen molar-refractivity contribution in [3.63, 3.8) is 0 Å². The van der Waals surface area contributed by atoms with Gasteiger partial charge in [-0.3, -0.25) is 9.59 Å². The molecule has 0 aromatic heterocycles. The van der Waals surface area contributed by atoms with Crippen LogP contribution in [-0.2, 0) is 22.4 Å². The molecular weight excluding hydrogens is 623 g/mol. The second kappa shape index (κ2) is 33.0. The van der Waals surface area contributed by atoms with Crippen LogP contribution in [-0.4, -0.2) is 56.0 Å². The molecule has 0 aliphatic rings. The maximum atomic E-state index is 13.0. The lowest BCUT2D eigenvalue weighted by Gasteiger charge is -2.28. The van der Waals surface area contributed by atoms with Gasteiger partial charge in [0.2, 0.25) is 11.8 Å². The van der Waals surface area contributed by atoms with E-state index in [0.29, 0.717) is 19.0 Å². The first kappa shape index (κ1) is 51.2. The van der Waals surface area contributed by atoms with Crippen molar-refractivity contribution < 1.29 is 14.0 Å². The summed E-state index contributed by atoms with van der Waals surface area (Å²) in [6.45, 7) is 29.7. The summed E-state index contributed by atoms with van der Waals surface area (Å²) in [5, 5.41) is 9.23. The van der Waals surface area contributed by atoms with Gasteiger partial charge in [0, 0.05) is 18.8 Å². The van der Waals surface area contributed by atoms with E-state index in [9.17, 15) is 14.0 Å². The highest BCUT2D eigenvalue weighted by molar-refractivity contribution is 5.90. The van der Waals surface area contributed by atoms with E-state index in [-0.39, 0.29) is 23.5 Å². The molecule has 2 rings (SSSR count). The van der Waals surface area contributed by atoms with E-state index in [4.69, 9.17) is 0 Å². The summed E-state index contributed by atoms with van der Waals surface area (Å²) >= 11 is 0. The molecule has 2 unspecified atom stereocenters. The molecule has 50 heavy (non-hydrogen) atoms. The van der Waals surface area contributed by atoms with Crippen molar-refractivity contribution >= 4 is 11.8 Å². The standard InChI is InChI=1S/C27H46N4O2.C7H7F.C4H10.C3H8.C2H6/c1-9-13-22-14-11-12-15-23(22)16-20(5)17-28-26(32)24(18-31(7)8)30-27(33)25(19(3)4)29-21(6)10-2;1-6-3-2-4-7(8)5-6;1-3-4-2;1-3-2;1-2/h11-12,14-15,19-20,24-25,29H,6,9-10,13,16-18H2,1-5,7-8H3,(H,28,32)(H,30,33);2-5H,1H3;3-4H2,1-2H3;3H2,1-2H3;1-2H3/t20-,24?,25?;;;;/m1..../s1. The maximum Gasteiger partial charge on any atom is 0.243 e. The second-order valence-corrected chi connectivity index (χ2v) is 13.2. The van der Waals surface area contributed by atoms with E-state index in [1.807, 2.05) is 66.6 Å². The van der Waals surface area contributed by atoms with Crippen LogP contribution in [0.25, 0.3) is 0 Å². The van der Waals surface area contributed by atoms with Crippen molar-refractivity contribution in [3.05, 3.63) is 83.3 Å². The molecule has 0 saturated heterocycles. The third-order valence-corrected chi connectivity index (χ3v) is 7.23. The molecule has 7 heteroatoms. The summed E-state index contributed by atoms with van der Waals surface area (Å²) in [5.41, 5.74) is 4.51. The van der Waals surface area contributed by atoms with Crippen LogP contribution in [0.2, 0.25) is 0 Å². The number of halogens is 1. The second-order valence-electron chi connectivity index (χ2n) is 13.2. The van der Waals surface area contributed by atoms with E-state index < -0.39 is 12.1 Å². The largest absolute Gasteiger partial charge is 0.377 e. The molecule has 0 aliphatic carbocycles. The quantitative estimate of drug-likeness (QED) is 0.163. The fourth-order valence-corrected chi connectivity index (χ4v) is 4.40. The molecule has 2 amide bonds. The van der Waals surface area contributed by atoms with E-state index >= 15 is 0 Å². The molecule has 3 N–H and O–H groups in total. The molecule has 0 bridgehead atoms. The lowest BCUT2D eigenvalue weighted by Crippen LogP contribution is -2.57. The van der Waals surface area contributed by atoms with Gasteiger partial charge in [-0.1, -0.05) is 145 Å². The first-order valence-electron chi connectivity index (χ1n) is 19.2. The van der Waals surface area contributed by atoms with Gasteiger partial charge in [0.15, 0.2) is 0 Å². The topological polar surface area (TPSA) is 73.5 Å². The monoisotopic (exact) mass is 701 g/mol. The molecule has 0 saturated carbocycles. The van der Waals surface area contributed by atoms with Gasteiger partial charge in [-0.2, -0.15) is 0 Å². The molecule has 3 atom stereocenters. The molecule has 0 aliphatic heterocycles. The summed E-state index contributed by atoms with van der Waals surface area (Å²) in [7, 11) is 3.80. The first-order valence-corrected chi connectivity index (χ1v) is 19.2. The Labute approximate surface area is 308 Å². The van der Waals surface area contributed by atoms with Crippen LogP contribution >= 0.6 is 0 Å². The summed E-state index contributed by atoms with van der Waals surface area (Å²) in [6.07, 6.45) is 7.74. The molecule has 0 radical (unpaired) electrons. The number of aryl methyl sites for hydroxylation is 2. The average Bonchev–Trinajstić information content (AvgIpc) is 3.07. The zero-order chi connectivity index (χ0) is 39.1. The van der Waals surface area contributed by atoms with Crippen molar-refractivity contribution in [1.29, 1.82) is 0 Å². The minimum absolute atomic E-state index is 0.0691. The van der Waals surface area contributed by atoms with E-state index in [1.165, 1.54) is 42.5 Å². The Bertz CT molecular complexity index is 1120. The highest BCUT2D eigenvalue weighted by Crippen LogP contribution is 2.16. The SMILES string of the molecule is C=C(CC)NC(C(=O)NC(CN(C)C)C(=O)NC[C@H](C)Cc1ccccc1CCC)C(C)C.CC.CCC.CCCC.Cc1cccc(F)c1. The van der Waals surface area contributed by atoms with Crippen LogP contribution < -0.4 is 16.0 Å². The third kappa shape index (κ3) is 26.6. The lowest BCUT2D eigenvalue weighted by atomic mass is 9.94. The molecule has 6 nitrogen and oxygen atoms in total. The maximum absolute atomic E-state index is 13.0. The Morgan fingerprint density at radius 3 is 1.80 bits per heavy atom. The number of nitrogens with one attached hydrogen (secondary N) is 3. The van der Waals surface area contributed by atoms with Gasteiger partial charge in [-0.05, 0) is 80.9 Å². The van der Waals surface area contributed by atoms with Crippen LogP contribution in [0, 0.1) is 24.6 Å². The molecule has 0 heterocycles. The summed E-state index contributed by atoms with van der Waals surface area (Å²) in [6, 6.07) is 14.0. The number of hydrogen-bond acceptors (Lipinski definition) is 4. The zero-order valence-corrected chi connectivity index (χ0v) is 34.6. The van der Waals surface area contributed by atoms with Gasteiger partial charge in [-0.25, -0.2) is 4.39 Å². The van der Waals surface area contributed by atoms with E-state index in [0.717, 1.165) is 36.9 Å². The number of hydrogen-bond donors (Lipinski definition) is 3. The molecule has 0 spiro atoms. The van der Waals surface area contributed by atoms with Gasteiger partial charge in [0.1, 0.15) is 17.9 Å². The molecule has 2 aromatic carbocycles. The first-order chi connectivity index (χ1) is 23.7. The number of allylic oxidation sites excluding steroid dienone is 1. The minimum atomic E-state index is -0.620. The van der Waals surface area contributed by atoms with Gasteiger partial charge < -0.3 is 20.9 Å². The number of amides is 2. The highest BCUT2D eigenvalue weighted by atomic mass is 19.1. The number of benzene rings is 2. The van der Waals surface area contributed by atoms with E-state index in [2.05, 4.69) is 88.3 Å². The number of carbonyl (C=O) groups excluding carboxylic acids is 2. The molecule has 288 valence electrons. The Hall–Kier alpha value is -3.19. The fraction of sp³-hybridized carbons (Fsp3) is 0.628. The van der Waals surface area contributed by atoms with Crippen molar-refractivity contribution in [1.82, 2.24) is 20.9 Å². The molecular formula is C43H77FN4O2. The van der Waals surface area contributed by atoms with Crippen molar-refractivity contribution in [3.8, 4) is 0 Å². The summed E-state index contributed by atoms with van der Waals surface area (Å²) < 4.78 is 12.2. The smallest absolute Gasteiger partial charge is 0.243 e. The van der Waals surface area contributed by atoms with Gasteiger partial charge in [0.05, 0.1) is 0 Å². The number of nitrogens with zero attached hydrogens (tertiary/aromatic N) is 1. The Morgan fingerprint density at radius 2 is 1.38 bits per heavy atom. The van der Waals surface area contributed by atoms with Crippen LogP contribution in [0.4, 0.5) is 4.39 Å². The van der Waals surface area contributed by atoms with Crippen molar-refractivity contribution in [2.45, 2.75) is 140 Å². The van der Waals surface area contributed by atoms with Gasteiger partial charge in [-0.15, -0.1) is 0 Å². The molecule has 2 aromatic rings. The van der Waals surface area contributed by atoms with Crippen molar-refractivity contribution in [2.24, 2.45) is 11.8 Å². The van der Waals surface area contributed by atoms with Crippen LogP contribution in [0.15, 0.2) is 60.8 Å². The average molecular weight is 701 g/mol. The third-order valence-electron chi connectivity index (χ3n) is 7.23. The Morgan fingerprint density at radius 1 is 0.820 bits per heavy atom. The minimum Gasteiger partial charge on any atom is -0.377 e. The van der Waals surface area contributed by atoms with Crippen LogP contribution in [0.1, 0.15) is 125 Å². The zero-order valence-electron chi connectivity index (χ0n) is 34.6. The number of rotatable bonds is 16. The van der Waals surface area contributed by atoms with Gasteiger partial charge >= 0.3 is 0 Å². The van der Waals surface area contributed by atoms with Crippen molar-refractivity contribution in [2.75, 3.05) is 27.2 Å². The lowest BCUT2D eigenvalue weighted by molar-refractivity contribution is -0.131. The Balaban J connectivity index is -0.00000106. The highest BCUT2D eigenvalue weighted by Gasteiger charge is 2.28. The van der Waals surface area contributed by atoms with E-state index in [1.54, 1.807) is 6.07 Å². The van der Waals surface area contributed by atoms with Crippen LogP contribution in [0.3, 0.4) is 0 Å². The predicted octanol–water partition coefficient (Wildman–Crippen LogP) is 9.90. The van der Waals surface area contributed by atoms with Crippen LogP contribution in [0.5, 0.6) is 0 Å². The number of unbranched alkanes of at least 4 members (excludes halogenated alkanes) is 1. The summed E-state index contributed by atoms with van der Waals surface area (Å²) in [5.74, 6) is -0.129. The Kier molecular flexibility index (Phi) is 33.8. The summed E-state index contributed by atoms with van der Waals surface area (Å²) in [4.78, 5) is 27.9. The molecule has 0 fully saturated rings. The number of carbonyl (C=O) groups is 2.